The Hall–Kier alpha value is -1.76. The van der Waals surface area contributed by atoms with Gasteiger partial charge in [-0.25, -0.2) is 4.98 Å². The number of nitrogens with two attached hydrogens (primary N) is 1. The van der Waals surface area contributed by atoms with Crippen LogP contribution in [0.25, 0.3) is 10.6 Å². The normalized spacial score (nSPS) is 16.0. The Morgan fingerprint density at radius 3 is 2.67 bits per heavy atom. The van der Waals surface area contributed by atoms with Crippen molar-refractivity contribution in [2.45, 2.75) is 6.54 Å². The monoisotopic (exact) mass is 302 g/mol. The molecule has 1 aliphatic rings. The van der Waals surface area contributed by atoms with Crippen molar-refractivity contribution in [1.29, 1.82) is 0 Å². The van der Waals surface area contributed by atoms with E-state index < -0.39 is 5.91 Å². The van der Waals surface area contributed by atoms with Crippen molar-refractivity contribution < 1.29 is 4.79 Å². The zero-order chi connectivity index (χ0) is 14.7. The van der Waals surface area contributed by atoms with Crippen molar-refractivity contribution in [2.75, 3.05) is 26.2 Å². The zero-order valence-corrected chi connectivity index (χ0v) is 12.5. The van der Waals surface area contributed by atoms with Crippen LogP contribution in [0, 0.1) is 0 Å². The van der Waals surface area contributed by atoms with E-state index in [0.29, 0.717) is 5.56 Å². The molecule has 3 N–H and O–H groups in total. The molecule has 5 nitrogen and oxygen atoms in total. The number of primary amides is 1. The lowest BCUT2D eigenvalue weighted by atomic mass is 10.1. The maximum atomic E-state index is 11.1. The molecule has 0 atom stereocenters. The fourth-order valence-electron chi connectivity index (χ4n) is 2.39. The van der Waals surface area contributed by atoms with Gasteiger partial charge in [0.05, 0.1) is 5.69 Å². The number of nitrogens with zero attached hydrogens (tertiary/aromatic N) is 2. The fraction of sp³-hybridized carbons (Fsp3) is 0.333. The molecular weight excluding hydrogens is 284 g/mol. The molecule has 1 saturated heterocycles. The van der Waals surface area contributed by atoms with Crippen LogP contribution in [0.3, 0.4) is 0 Å². The van der Waals surface area contributed by atoms with E-state index in [0.717, 1.165) is 49.0 Å². The number of rotatable bonds is 4. The Morgan fingerprint density at radius 2 is 2.00 bits per heavy atom. The molecule has 1 aromatic carbocycles. The molecule has 0 bridgehead atoms. The third-order valence-electron chi connectivity index (χ3n) is 3.56. The lowest BCUT2D eigenvalue weighted by molar-refractivity contribution is 0.100. The van der Waals surface area contributed by atoms with Gasteiger partial charge in [0.2, 0.25) is 5.91 Å². The quantitative estimate of drug-likeness (QED) is 0.893. The molecular formula is C15H18N4OS. The summed E-state index contributed by atoms with van der Waals surface area (Å²) in [4.78, 5) is 18.2. The second-order valence-electron chi connectivity index (χ2n) is 5.11. The predicted octanol–water partition coefficient (Wildman–Crippen LogP) is 1.31. The summed E-state index contributed by atoms with van der Waals surface area (Å²) in [6, 6.07) is 7.28. The number of nitrogens with one attached hydrogen (secondary N) is 1. The third kappa shape index (κ3) is 3.47. The number of thiazole rings is 1. The number of piperazine rings is 1. The minimum absolute atomic E-state index is 0.403. The Kier molecular flexibility index (Phi) is 4.28. The highest BCUT2D eigenvalue weighted by atomic mass is 32.1. The lowest BCUT2D eigenvalue weighted by Crippen LogP contribution is -2.42. The van der Waals surface area contributed by atoms with Gasteiger partial charge in [-0.15, -0.1) is 11.3 Å². The number of hydrogen-bond donors (Lipinski definition) is 2. The van der Waals surface area contributed by atoms with E-state index in [2.05, 4.69) is 20.6 Å². The minimum atomic E-state index is -0.403. The standard InChI is InChI=1S/C15H18N4OS/c16-14(20)11-1-3-12(4-2-11)15-18-13(10-21-15)9-19-7-5-17-6-8-19/h1-4,10,17H,5-9H2,(H2,16,20). The van der Waals surface area contributed by atoms with Crippen LogP contribution >= 0.6 is 11.3 Å². The summed E-state index contributed by atoms with van der Waals surface area (Å²) in [6.45, 7) is 5.13. The minimum Gasteiger partial charge on any atom is -0.366 e. The number of aromatic nitrogens is 1. The van der Waals surface area contributed by atoms with Crippen LogP contribution in [-0.4, -0.2) is 42.0 Å². The van der Waals surface area contributed by atoms with Gasteiger partial charge in [0.25, 0.3) is 0 Å². The molecule has 1 aliphatic heterocycles. The van der Waals surface area contributed by atoms with E-state index in [4.69, 9.17) is 5.73 Å². The van der Waals surface area contributed by atoms with E-state index >= 15 is 0 Å². The molecule has 0 saturated carbocycles. The summed E-state index contributed by atoms with van der Waals surface area (Å²) >= 11 is 1.64. The number of amides is 1. The first-order valence-electron chi connectivity index (χ1n) is 7.00. The average molecular weight is 302 g/mol. The van der Waals surface area contributed by atoms with Gasteiger partial charge in [0.15, 0.2) is 0 Å². The molecule has 1 aromatic heterocycles. The number of carbonyl (C=O) groups excluding carboxylic acids is 1. The van der Waals surface area contributed by atoms with Crippen LogP contribution in [0.15, 0.2) is 29.6 Å². The first kappa shape index (κ1) is 14.2. The van der Waals surface area contributed by atoms with Gasteiger partial charge in [-0.3, -0.25) is 9.69 Å². The first-order chi connectivity index (χ1) is 10.2. The molecule has 2 heterocycles. The molecule has 1 fully saturated rings. The van der Waals surface area contributed by atoms with Crippen molar-refractivity contribution in [1.82, 2.24) is 15.2 Å². The molecule has 0 aliphatic carbocycles. The molecule has 3 rings (SSSR count). The van der Waals surface area contributed by atoms with E-state index in [1.54, 1.807) is 23.5 Å². The molecule has 0 spiro atoms. The number of benzene rings is 1. The van der Waals surface area contributed by atoms with Crippen LogP contribution in [0.4, 0.5) is 0 Å². The highest BCUT2D eigenvalue weighted by Gasteiger charge is 2.12. The summed E-state index contributed by atoms with van der Waals surface area (Å²) in [5.41, 5.74) is 7.90. The molecule has 0 radical (unpaired) electrons. The first-order valence-corrected chi connectivity index (χ1v) is 7.88. The predicted molar refractivity (Wildman–Crippen MR) is 84.2 cm³/mol. The van der Waals surface area contributed by atoms with Crippen LogP contribution in [-0.2, 0) is 6.54 Å². The van der Waals surface area contributed by atoms with Crippen LogP contribution < -0.4 is 11.1 Å². The van der Waals surface area contributed by atoms with Crippen LogP contribution in [0.2, 0.25) is 0 Å². The van der Waals surface area contributed by atoms with Crippen molar-refractivity contribution in [3.05, 3.63) is 40.9 Å². The highest BCUT2D eigenvalue weighted by Crippen LogP contribution is 2.24. The van der Waals surface area contributed by atoms with Gasteiger partial charge >= 0.3 is 0 Å². The SMILES string of the molecule is NC(=O)c1ccc(-c2nc(CN3CCNCC3)cs2)cc1. The summed E-state index contributed by atoms with van der Waals surface area (Å²) in [5.74, 6) is -0.403. The molecule has 2 aromatic rings. The van der Waals surface area contributed by atoms with Gasteiger partial charge < -0.3 is 11.1 Å². The van der Waals surface area contributed by atoms with Crippen LogP contribution in [0.5, 0.6) is 0 Å². The Balaban J connectivity index is 1.70. The van der Waals surface area contributed by atoms with E-state index in [1.165, 1.54) is 0 Å². The smallest absolute Gasteiger partial charge is 0.248 e. The largest absolute Gasteiger partial charge is 0.366 e. The van der Waals surface area contributed by atoms with Crippen molar-refractivity contribution in [3.63, 3.8) is 0 Å². The van der Waals surface area contributed by atoms with Gasteiger partial charge in [0, 0.05) is 49.2 Å². The maximum absolute atomic E-state index is 11.1. The molecule has 21 heavy (non-hydrogen) atoms. The van der Waals surface area contributed by atoms with Crippen molar-refractivity contribution >= 4 is 17.2 Å². The number of carbonyl (C=O) groups is 1. The second-order valence-corrected chi connectivity index (χ2v) is 5.97. The van der Waals surface area contributed by atoms with E-state index in [-0.39, 0.29) is 0 Å². The summed E-state index contributed by atoms with van der Waals surface area (Å²) in [7, 11) is 0. The van der Waals surface area contributed by atoms with Gasteiger partial charge in [-0.05, 0) is 12.1 Å². The highest BCUT2D eigenvalue weighted by molar-refractivity contribution is 7.13. The molecule has 6 heteroatoms. The summed E-state index contributed by atoms with van der Waals surface area (Å²) < 4.78 is 0. The molecule has 0 unspecified atom stereocenters. The molecule has 110 valence electrons. The lowest BCUT2D eigenvalue weighted by Gasteiger charge is -2.26. The van der Waals surface area contributed by atoms with E-state index in [1.807, 2.05) is 12.1 Å². The maximum Gasteiger partial charge on any atom is 0.248 e. The topological polar surface area (TPSA) is 71.2 Å². The Morgan fingerprint density at radius 1 is 1.29 bits per heavy atom. The van der Waals surface area contributed by atoms with E-state index in [9.17, 15) is 4.79 Å². The zero-order valence-electron chi connectivity index (χ0n) is 11.7. The Labute approximate surface area is 127 Å². The summed E-state index contributed by atoms with van der Waals surface area (Å²) in [6.07, 6.45) is 0. The molecule has 1 amide bonds. The third-order valence-corrected chi connectivity index (χ3v) is 4.50. The van der Waals surface area contributed by atoms with Crippen molar-refractivity contribution in [2.24, 2.45) is 5.73 Å². The average Bonchev–Trinajstić information content (AvgIpc) is 2.97. The number of hydrogen-bond acceptors (Lipinski definition) is 5. The van der Waals surface area contributed by atoms with Crippen molar-refractivity contribution in [3.8, 4) is 10.6 Å². The second kappa shape index (κ2) is 6.34. The van der Waals surface area contributed by atoms with Gasteiger partial charge in [-0.2, -0.15) is 0 Å². The van der Waals surface area contributed by atoms with Gasteiger partial charge in [-0.1, -0.05) is 12.1 Å². The summed E-state index contributed by atoms with van der Waals surface area (Å²) in [5, 5.41) is 6.44. The van der Waals surface area contributed by atoms with Crippen LogP contribution in [0.1, 0.15) is 16.1 Å². The van der Waals surface area contributed by atoms with Gasteiger partial charge in [0.1, 0.15) is 5.01 Å². The Bertz CT molecular complexity index is 617. The fourth-order valence-corrected chi connectivity index (χ4v) is 3.20.